The zero-order chi connectivity index (χ0) is 24.0. The lowest BCUT2D eigenvalue weighted by molar-refractivity contribution is 0.102. The molecule has 0 bridgehead atoms. The van der Waals surface area contributed by atoms with E-state index in [-0.39, 0.29) is 11.5 Å². The molecule has 0 saturated carbocycles. The number of benzene rings is 2. The molecular weight excluding hydrogens is 454 g/mol. The SMILES string of the molecule is O=C(Nc1cnc(Nc2ccc(S(=O)(=O)CCCN3CCCC3)cc2)nc1)c1cccc(O)c1. The molecule has 3 aromatic rings. The van der Waals surface area contributed by atoms with Gasteiger partial charge in [-0.05, 0) is 81.4 Å². The molecule has 0 radical (unpaired) electrons. The molecule has 178 valence electrons. The summed E-state index contributed by atoms with van der Waals surface area (Å²) in [5.41, 5.74) is 1.36. The summed E-state index contributed by atoms with van der Waals surface area (Å²) in [7, 11) is -3.33. The van der Waals surface area contributed by atoms with Crippen molar-refractivity contribution in [3.8, 4) is 5.75 Å². The number of phenolic OH excluding ortho intramolecular Hbond substituents is 1. The van der Waals surface area contributed by atoms with E-state index < -0.39 is 15.7 Å². The molecular formula is C24H27N5O4S. The van der Waals surface area contributed by atoms with Crippen LogP contribution in [0.5, 0.6) is 5.75 Å². The molecule has 2 heterocycles. The Morgan fingerprint density at radius 3 is 2.38 bits per heavy atom. The van der Waals surface area contributed by atoms with Gasteiger partial charge < -0.3 is 20.6 Å². The summed E-state index contributed by atoms with van der Waals surface area (Å²) in [6.45, 7) is 2.95. The largest absolute Gasteiger partial charge is 0.508 e. The Kier molecular flexibility index (Phi) is 7.39. The highest BCUT2D eigenvalue weighted by Gasteiger charge is 2.17. The first-order chi connectivity index (χ1) is 16.4. The van der Waals surface area contributed by atoms with Crippen LogP contribution in [0.15, 0.2) is 65.8 Å². The molecule has 4 rings (SSSR count). The van der Waals surface area contributed by atoms with Crippen LogP contribution in [0.3, 0.4) is 0 Å². The molecule has 0 unspecified atom stereocenters. The van der Waals surface area contributed by atoms with Crippen molar-refractivity contribution in [2.75, 3.05) is 36.0 Å². The predicted molar refractivity (Wildman–Crippen MR) is 130 cm³/mol. The third-order valence-corrected chi connectivity index (χ3v) is 7.39. The molecule has 0 spiro atoms. The van der Waals surface area contributed by atoms with Gasteiger partial charge in [-0.3, -0.25) is 4.79 Å². The highest BCUT2D eigenvalue weighted by atomic mass is 32.2. The van der Waals surface area contributed by atoms with E-state index in [0.717, 1.165) is 19.6 Å². The minimum absolute atomic E-state index is 0.00402. The van der Waals surface area contributed by atoms with Gasteiger partial charge in [-0.2, -0.15) is 0 Å². The normalized spacial score (nSPS) is 14.1. The van der Waals surface area contributed by atoms with Gasteiger partial charge in [-0.25, -0.2) is 18.4 Å². The zero-order valence-corrected chi connectivity index (χ0v) is 19.5. The average Bonchev–Trinajstić information content (AvgIpc) is 3.34. The van der Waals surface area contributed by atoms with Crippen molar-refractivity contribution in [3.05, 3.63) is 66.5 Å². The van der Waals surface area contributed by atoms with Crippen molar-refractivity contribution >= 4 is 33.1 Å². The van der Waals surface area contributed by atoms with E-state index in [1.165, 1.54) is 37.4 Å². The number of amides is 1. The van der Waals surface area contributed by atoms with Gasteiger partial charge in [-0.1, -0.05) is 6.07 Å². The third-order valence-electron chi connectivity index (χ3n) is 5.57. The van der Waals surface area contributed by atoms with Gasteiger partial charge in [-0.15, -0.1) is 0 Å². The smallest absolute Gasteiger partial charge is 0.255 e. The van der Waals surface area contributed by atoms with Crippen LogP contribution in [-0.2, 0) is 9.84 Å². The van der Waals surface area contributed by atoms with E-state index >= 15 is 0 Å². The molecule has 1 aliphatic heterocycles. The van der Waals surface area contributed by atoms with Crippen LogP contribution in [0.1, 0.15) is 29.6 Å². The highest BCUT2D eigenvalue weighted by Crippen LogP contribution is 2.20. The summed E-state index contributed by atoms with van der Waals surface area (Å²) in [6.07, 6.45) is 5.93. The molecule has 2 aromatic carbocycles. The number of nitrogens with zero attached hydrogens (tertiary/aromatic N) is 3. The van der Waals surface area contributed by atoms with E-state index in [1.807, 2.05) is 0 Å². The second kappa shape index (κ2) is 10.6. The zero-order valence-electron chi connectivity index (χ0n) is 18.6. The fraction of sp³-hybridized carbons (Fsp3) is 0.292. The van der Waals surface area contributed by atoms with E-state index in [4.69, 9.17) is 0 Å². The number of carbonyl (C=O) groups is 1. The van der Waals surface area contributed by atoms with Crippen molar-refractivity contribution in [1.29, 1.82) is 0 Å². The van der Waals surface area contributed by atoms with E-state index in [0.29, 0.717) is 34.2 Å². The van der Waals surface area contributed by atoms with Gasteiger partial charge in [0.2, 0.25) is 5.95 Å². The van der Waals surface area contributed by atoms with Gasteiger partial charge in [0, 0.05) is 11.3 Å². The van der Waals surface area contributed by atoms with Crippen LogP contribution >= 0.6 is 0 Å². The van der Waals surface area contributed by atoms with Gasteiger partial charge in [0.05, 0.1) is 28.7 Å². The summed E-state index contributed by atoms with van der Waals surface area (Å²) in [5.74, 6) is 0.0492. The number of anilines is 3. The summed E-state index contributed by atoms with van der Waals surface area (Å²) < 4.78 is 25.2. The lowest BCUT2D eigenvalue weighted by atomic mass is 10.2. The van der Waals surface area contributed by atoms with Gasteiger partial charge in [0.15, 0.2) is 9.84 Å². The minimum Gasteiger partial charge on any atom is -0.508 e. The first-order valence-corrected chi connectivity index (χ1v) is 12.8. The number of hydrogen-bond donors (Lipinski definition) is 3. The summed E-state index contributed by atoms with van der Waals surface area (Å²) in [6, 6.07) is 12.5. The fourth-order valence-corrected chi connectivity index (χ4v) is 5.08. The van der Waals surface area contributed by atoms with Crippen LogP contribution in [0.4, 0.5) is 17.3 Å². The Hall–Kier alpha value is -3.50. The molecule has 0 atom stereocenters. The van der Waals surface area contributed by atoms with Crippen LogP contribution < -0.4 is 10.6 Å². The summed E-state index contributed by atoms with van der Waals surface area (Å²) >= 11 is 0. The maximum atomic E-state index is 12.6. The van der Waals surface area contributed by atoms with Gasteiger partial charge >= 0.3 is 0 Å². The van der Waals surface area contributed by atoms with E-state index in [2.05, 4.69) is 25.5 Å². The Morgan fingerprint density at radius 1 is 1.00 bits per heavy atom. The average molecular weight is 482 g/mol. The van der Waals surface area contributed by atoms with Crippen LogP contribution in [-0.4, -0.2) is 59.7 Å². The molecule has 0 aliphatic carbocycles. The molecule has 1 saturated heterocycles. The minimum atomic E-state index is -3.33. The molecule has 3 N–H and O–H groups in total. The van der Waals surface area contributed by atoms with Crippen LogP contribution in [0.25, 0.3) is 0 Å². The van der Waals surface area contributed by atoms with Crippen molar-refractivity contribution in [1.82, 2.24) is 14.9 Å². The molecule has 1 amide bonds. The Morgan fingerprint density at radius 2 is 1.71 bits per heavy atom. The molecule has 34 heavy (non-hydrogen) atoms. The Balaban J connectivity index is 1.30. The number of carbonyl (C=O) groups excluding carboxylic acids is 1. The summed E-state index contributed by atoms with van der Waals surface area (Å²) in [5, 5.41) is 15.2. The maximum absolute atomic E-state index is 12.6. The van der Waals surface area contributed by atoms with Crippen LogP contribution in [0, 0.1) is 0 Å². The monoisotopic (exact) mass is 481 g/mol. The number of likely N-dealkylation sites (tertiary alicyclic amines) is 1. The topological polar surface area (TPSA) is 125 Å². The van der Waals surface area contributed by atoms with Crippen molar-refractivity contribution in [2.24, 2.45) is 0 Å². The fourth-order valence-electron chi connectivity index (χ4n) is 3.78. The standard InChI is InChI=1S/C24H27N5O4S/c30-21-6-3-5-18(15-21)23(31)27-20-16-25-24(26-17-20)28-19-7-9-22(10-8-19)34(32,33)14-4-13-29-11-1-2-12-29/h3,5-10,15-17,30H,1-2,4,11-14H2,(H,27,31)(H,25,26,28). The number of aromatic hydroxyl groups is 1. The predicted octanol–water partition coefficient (Wildman–Crippen LogP) is 3.44. The van der Waals surface area contributed by atoms with Gasteiger partial charge in [0.1, 0.15) is 5.75 Å². The van der Waals surface area contributed by atoms with E-state index in [1.54, 1.807) is 36.4 Å². The van der Waals surface area contributed by atoms with Crippen molar-refractivity contribution in [2.45, 2.75) is 24.2 Å². The molecule has 9 nitrogen and oxygen atoms in total. The number of hydrogen-bond acceptors (Lipinski definition) is 8. The third kappa shape index (κ3) is 6.30. The first-order valence-electron chi connectivity index (χ1n) is 11.1. The van der Waals surface area contributed by atoms with Gasteiger partial charge in [0.25, 0.3) is 5.91 Å². The molecule has 1 aromatic heterocycles. The highest BCUT2D eigenvalue weighted by molar-refractivity contribution is 7.91. The Labute approximate surface area is 198 Å². The number of aromatic nitrogens is 2. The summed E-state index contributed by atoms with van der Waals surface area (Å²) in [4.78, 5) is 23.2. The lowest BCUT2D eigenvalue weighted by Gasteiger charge is -2.14. The maximum Gasteiger partial charge on any atom is 0.255 e. The Bertz CT molecular complexity index is 1220. The molecule has 1 aliphatic rings. The van der Waals surface area contributed by atoms with Crippen molar-refractivity contribution < 1.29 is 18.3 Å². The molecule has 10 heteroatoms. The number of nitrogens with one attached hydrogen (secondary N) is 2. The number of phenols is 1. The van der Waals surface area contributed by atoms with Crippen LogP contribution in [0.2, 0.25) is 0 Å². The van der Waals surface area contributed by atoms with E-state index in [9.17, 15) is 18.3 Å². The number of sulfone groups is 1. The second-order valence-electron chi connectivity index (χ2n) is 8.17. The number of rotatable bonds is 9. The second-order valence-corrected chi connectivity index (χ2v) is 10.3. The van der Waals surface area contributed by atoms with Crippen molar-refractivity contribution in [3.63, 3.8) is 0 Å². The quantitative estimate of drug-likeness (QED) is 0.425. The molecule has 1 fully saturated rings. The first kappa shape index (κ1) is 23.7. The lowest BCUT2D eigenvalue weighted by Crippen LogP contribution is -2.22.